The molecule has 0 saturated heterocycles. The number of carbonyl (C=O) groups excluding carboxylic acids is 1. The van der Waals surface area contributed by atoms with Crippen molar-refractivity contribution in [3.8, 4) is 0 Å². The van der Waals surface area contributed by atoms with Crippen LogP contribution >= 0.6 is 0 Å². The first-order valence-corrected chi connectivity index (χ1v) is 9.68. The van der Waals surface area contributed by atoms with Gasteiger partial charge in [0.25, 0.3) is 0 Å². The third-order valence-corrected chi connectivity index (χ3v) is 4.66. The second kappa shape index (κ2) is 9.97. The van der Waals surface area contributed by atoms with Crippen molar-refractivity contribution in [3.05, 3.63) is 60.2 Å². The van der Waals surface area contributed by atoms with Gasteiger partial charge in [-0.05, 0) is 55.0 Å². The summed E-state index contributed by atoms with van der Waals surface area (Å²) in [4.78, 5) is 14.3. The lowest BCUT2D eigenvalue weighted by Crippen LogP contribution is -2.31. The molecule has 2 aromatic rings. The molecule has 1 aliphatic carbocycles. The minimum atomic E-state index is -0.173. The van der Waals surface area contributed by atoms with Crippen LogP contribution in [0.25, 0.3) is 0 Å². The van der Waals surface area contributed by atoms with Crippen molar-refractivity contribution >= 4 is 17.4 Å². The quantitative estimate of drug-likeness (QED) is 0.617. The van der Waals surface area contributed by atoms with Crippen LogP contribution in [0.3, 0.4) is 0 Å². The maximum absolute atomic E-state index is 12.1. The zero-order valence-electron chi connectivity index (χ0n) is 16.0. The van der Waals surface area contributed by atoms with E-state index in [-0.39, 0.29) is 6.03 Å². The average Bonchev–Trinajstić information content (AvgIpc) is 3.50. The number of hydrogen-bond acceptors (Lipinski definition) is 3. The van der Waals surface area contributed by atoms with Crippen LogP contribution < -0.4 is 15.5 Å². The highest BCUT2D eigenvalue weighted by Gasteiger charge is 2.21. The fraction of sp³-hybridized carbons (Fsp3) is 0.409. The standard InChI is InChI=1S/C22H29N3O2/c1-25(21-9-3-2-4-10-21)14-6-13-23-22(26)24-20-8-5-7-19(15-20)17-27-16-18-11-12-18/h2-5,7-10,15,18H,6,11-14,16-17H2,1H3,(H2,23,24,26). The third kappa shape index (κ3) is 6.94. The Balaban J connectivity index is 1.33. The molecular weight excluding hydrogens is 338 g/mol. The Labute approximate surface area is 161 Å². The van der Waals surface area contributed by atoms with E-state index in [2.05, 4.69) is 34.7 Å². The van der Waals surface area contributed by atoms with Crippen LogP contribution in [-0.4, -0.2) is 32.8 Å². The number of ether oxygens (including phenoxy) is 1. The van der Waals surface area contributed by atoms with E-state index in [4.69, 9.17) is 4.74 Å². The third-order valence-electron chi connectivity index (χ3n) is 4.66. The van der Waals surface area contributed by atoms with E-state index in [1.807, 2.05) is 42.5 Å². The smallest absolute Gasteiger partial charge is 0.319 e. The zero-order valence-corrected chi connectivity index (χ0v) is 16.0. The highest BCUT2D eigenvalue weighted by molar-refractivity contribution is 5.89. The van der Waals surface area contributed by atoms with Gasteiger partial charge in [0.05, 0.1) is 6.61 Å². The van der Waals surface area contributed by atoms with Crippen molar-refractivity contribution in [3.63, 3.8) is 0 Å². The summed E-state index contributed by atoms with van der Waals surface area (Å²) in [6.07, 6.45) is 3.47. The van der Waals surface area contributed by atoms with E-state index in [9.17, 15) is 4.79 Å². The molecule has 0 atom stereocenters. The van der Waals surface area contributed by atoms with Crippen LogP contribution in [0.1, 0.15) is 24.8 Å². The van der Waals surface area contributed by atoms with Gasteiger partial charge in [-0.25, -0.2) is 4.79 Å². The Hall–Kier alpha value is -2.53. The van der Waals surface area contributed by atoms with E-state index in [0.29, 0.717) is 13.2 Å². The Morgan fingerprint density at radius 2 is 1.96 bits per heavy atom. The number of nitrogens with zero attached hydrogens (tertiary/aromatic N) is 1. The number of benzene rings is 2. The number of carbonyl (C=O) groups is 1. The van der Waals surface area contributed by atoms with Crippen LogP contribution in [0.2, 0.25) is 0 Å². The monoisotopic (exact) mass is 367 g/mol. The maximum atomic E-state index is 12.1. The molecule has 0 bridgehead atoms. The lowest BCUT2D eigenvalue weighted by atomic mass is 10.2. The number of para-hydroxylation sites is 1. The fourth-order valence-electron chi connectivity index (χ4n) is 2.87. The van der Waals surface area contributed by atoms with Crippen molar-refractivity contribution in [1.82, 2.24) is 5.32 Å². The second-order valence-electron chi connectivity index (χ2n) is 7.15. The Bertz CT molecular complexity index is 717. The number of amides is 2. The summed E-state index contributed by atoms with van der Waals surface area (Å²) in [5.74, 6) is 0.762. The summed E-state index contributed by atoms with van der Waals surface area (Å²) in [7, 11) is 2.06. The number of hydrogen-bond donors (Lipinski definition) is 2. The second-order valence-corrected chi connectivity index (χ2v) is 7.15. The maximum Gasteiger partial charge on any atom is 0.319 e. The Kier molecular flexibility index (Phi) is 7.11. The molecule has 5 heteroatoms. The van der Waals surface area contributed by atoms with Crippen LogP contribution in [0.15, 0.2) is 54.6 Å². The predicted molar refractivity (Wildman–Crippen MR) is 110 cm³/mol. The molecule has 2 aromatic carbocycles. The molecule has 0 radical (unpaired) electrons. The molecular formula is C22H29N3O2. The lowest BCUT2D eigenvalue weighted by molar-refractivity contribution is 0.111. The SMILES string of the molecule is CN(CCCNC(=O)Nc1cccc(COCC2CC2)c1)c1ccccc1. The molecule has 1 fully saturated rings. The molecule has 5 nitrogen and oxygen atoms in total. The van der Waals surface area contributed by atoms with E-state index >= 15 is 0 Å². The van der Waals surface area contributed by atoms with Crippen molar-refractivity contribution in [2.24, 2.45) is 5.92 Å². The molecule has 2 N–H and O–H groups in total. The van der Waals surface area contributed by atoms with Gasteiger partial charge < -0.3 is 20.3 Å². The molecule has 0 spiro atoms. The summed E-state index contributed by atoms with van der Waals surface area (Å²) >= 11 is 0. The van der Waals surface area contributed by atoms with Gasteiger partial charge in [-0.1, -0.05) is 30.3 Å². The van der Waals surface area contributed by atoms with Gasteiger partial charge in [-0.3, -0.25) is 0 Å². The summed E-state index contributed by atoms with van der Waals surface area (Å²) in [6, 6.07) is 17.9. The highest BCUT2D eigenvalue weighted by Crippen LogP contribution is 2.29. The molecule has 1 aliphatic rings. The van der Waals surface area contributed by atoms with E-state index in [0.717, 1.165) is 36.7 Å². The Morgan fingerprint density at radius 1 is 1.15 bits per heavy atom. The first-order valence-electron chi connectivity index (χ1n) is 9.68. The normalized spacial score (nSPS) is 13.2. The summed E-state index contributed by atoms with van der Waals surface area (Å²) in [6.45, 7) is 2.96. The van der Waals surface area contributed by atoms with Gasteiger partial charge in [0, 0.05) is 38.1 Å². The van der Waals surface area contributed by atoms with Crippen molar-refractivity contribution in [2.75, 3.05) is 37.0 Å². The summed E-state index contributed by atoms with van der Waals surface area (Å²) in [5, 5.41) is 5.81. The highest BCUT2D eigenvalue weighted by atomic mass is 16.5. The van der Waals surface area contributed by atoms with Crippen molar-refractivity contribution in [2.45, 2.75) is 25.9 Å². The van der Waals surface area contributed by atoms with Crippen LogP contribution in [-0.2, 0) is 11.3 Å². The summed E-state index contributed by atoms with van der Waals surface area (Å²) in [5.41, 5.74) is 3.06. The Morgan fingerprint density at radius 3 is 2.74 bits per heavy atom. The molecule has 0 aromatic heterocycles. The van der Waals surface area contributed by atoms with Crippen LogP contribution in [0.5, 0.6) is 0 Å². The lowest BCUT2D eigenvalue weighted by Gasteiger charge is -2.19. The van der Waals surface area contributed by atoms with Gasteiger partial charge >= 0.3 is 6.03 Å². The number of urea groups is 1. The first kappa shape index (κ1) is 19.2. The van der Waals surface area contributed by atoms with E-state index < -0.39 is 0 Å². The van der Waals surface area contributed by atoms with Gasteiger partial charge in [0.2, 0.25) is 0 Å². The molecule has 3 rings (SSSR count). The average molecular weight is 367 g/mol. The van der Waals surface area contributed by atoms with Crippen molar-refractivity contribution < 1.29 is 9.53 Å². The van der Waals surface area contributed by atoms with Crippen LogP contribution in [0, 0.1) is 5.92 Å². The predicted octanol–water partition coefficient (Wildman–Crippen LogP) is 4.26. The van der Waals surface area contributed by atoms with E-state index in [1.54, 1.807) is 0 Å². The largest absolute Gasteiger partial charge is 0.376 e. The minimum absolute atomic E-state index is 0.173. The first-order chi connectivity index (χ1) is 13.2. The minimum Gasteiger partial charge on any atom is -0.376 e. The molecule has 2 amide bonds. The van der Waals surface area contributed by atoms with E-state index in [1.165, 1.54) is 18.5 Å². The molecule has 0 unspecified atom stereocenters. The number of anilines is 2. The number of nitrogens with one attached hydrogen (secondary N) is 2. The van der Waals surface area contributed by atoms with Gasteiger partial charge in [0.15, 0.2) is 0 Å². The van der Waals surface area contributed by atoms with Gasteiger partial charge in [-0.2, -0.15) is 0 Å². The molecule has 27 heavy (non-hydrogen) atoms. The van der Waals surface area contributed by atoms with Gasteiger partial charge in [0.1, 0.15) is 0 Å². The van der Waals surface area contributed by atoms with Gasteiger partial charge in [-0.15, -0.1) is 0 Å². The summed E-state index contributed by atoms with van der Waals surface area (Å²) < 4.78 is 5.71. The molecule has 0 aliphatic heterocycles. The van der Waals surface area contributed by atoms with Crippen molar-refractivity contribution in [1.29, 1.82) is 0 Å². The van der Waals surface area contributed by atoms with Crippen LogP contribution in [0.4, 0.5) is 16.2 Å². The molecule has 0 heterocycles. The molecule has 144 valence electrons. The fourth-order valence-corrected chi connectivity index (χ4v) is 2.87. The number of rotatable bonds is 10. The topological polar surface area (TPSA) is 53.6 Å². The molecule has 1 saturated carbocycles. The zero-order chi connectivity index (χ0) is 18.9.